The lowest BCUT2D eigenvalue weighted by Crippen LogP contribution is -1.81. The molecule has 0 aliphatic carbocycles. The first-order chi connectivity index (χ1) is 6.72. The summed E-state index contributed by atoms with van der Waals surface area (Å²) in [5, 5.41) is 7.50. The molecule has 0 atom stereocenters. The van der Waals surface area contributed by atoms with Gasteiger partial charge in [0.15, 0.2) is 5.82 Å². The lowest BCUT2D eigenvalue weighted by molar-refractivity contribution is 0.392. The van der Waals surface area contributed by atoms with Crippen LogP contribution in [-0.4, -0.2) is 15.3 Å². The van der Waals surface area contributed by atoms with Crippen LogP contribution in [0.2, 0.25) is 0 Å². The van der Waals surface area contributed by atoms with E-state index in [9.17, 15) is 0 Å². The summed E-state index contributed by atoms with van der Waals surface area (Å²) < 4.78 is 10.0. The largest absolute Gasteiger partial charge is 0.361 e. The van der Waals surface area contributed by atoms with Crippen LogP contribution in [0, 0.1) is 13.8 Å². The quantitative estimate of drug-likeness (QED) is 0.726. The zero-order valence-corrected chi connectivity index (χ0v) is 7.94. The maximum Gasteiger partial charge on any atom is 0.263 e. The smallest absolute Gasteiger partial charge is 0.263 e. The molecule has 2 rings (SSSR count). The van der Waals surface area contributed by atoms with Crippen LogP contribution >= 0.6 is 0 Å². The Morgan fingerprint density at radius 2 is 2.00 bits per heavy atom. The Bertz CT molecular complexity index is 451. The van der Waals surface area contributed by atoms with E-state index in [0.29, 0.717) is 17.5 Å². The van der Waals surface area contributed by atoms with E-state index in [1.54, 1.807) is 6.92 Å². The van der Waals surface area contributed by atoms with Crippen LogP contribution in [-0.2, 0) is 0 Å². The Morgan fingerprint density at radius 3 is 2.50 bits per heavy atom. The van der Waals surface area contributed by atoms with Gasteiger partial charge in [0.1, 0.15) is 11.3 Å². The highest BCUT2D eigenvalue weighted by Crippen LogP contribution is 2.24. The van der Waals surface area contributed by atoms with E-state index in [1.807, 2.05) is 6.92 Å². The van der Waals surface area contributed by atoms with E-state index in [0.717, 1.165) is 11.3 Å². The SMILES string of the molecule is C=Cc1noc(-c2c(C)noc2C)n1. The summed E-state index contributed by atoms with van der Waals surface area (Å²) in [6, 6.07) is 0. The van der Waals surface area contributed by atoms with Crippen LogP contribution in [0.5, 0.6) is 0 Å². The zero-order chi connectivity index (χ0) is 10.1. The number of nitrogens with zero attached hydrogens (tertiary/aromatic N) is 3. The summed E-state index contributed by atoms with van der Waals surface area (Å²) in [6.45, 7) is 7.17. The summed E-state index contributed by atoms with van der Waals surface area (Å²) in [5.41, 5.74) is 1.49. The van der Waals surface area contributed by atoms with Gasteiger partial charge in [-0.15, -0.1) is 0 Å². The van der Waals surface area contributed by atoms with Crippen molar-refractivity contribution in [1.29, 1.82) is 0 Å². The van der Waals surface area contributed by atoms with Gasteiger partial charge in [-0.3, -0.25) is 0 Å². The van der Waals surface area contributed by atoms with Crippen LogP contribution in [0.3, 0.4) is 0 Å². The van der Waals surface area contributed by atoms with Crippen molar-refractivity contribution in [2.75, 3.05) is 0 Å². The number of hydrogen-bond acceptors (Lipinski definition) is 5. The third-order valence-electron chi connectivity index (χ3n) is 1.87. The molecular weight excluding hydrogens is 182 g/mol. The van der Waals surface area contributed by atoms with Crippen molar-refractivity contribution in [3.05, 3.63) is 23.9 Å². The summed E-state index contributed by atoms with van der Waals surface area (Å²) in [7, 11) is 0. The van der Waals surface area contributed by atoms with E-state index < -0.39 is 0 Å². The molecule has 2 aromatic heterocycles. The molecule has 0 aliphatic rings. The molecule has 0 radical (unpaired) electrons. The van der Waals surface area contributed by atoms with Crippen LogP contribution in [0.1, 0.15) is 17.3 Å². The number of aromatic nitrogens is 3. The molecule has 5 heteroatoms. The van der Waals surface area contributed by atoms with Gasteiger partial charge in [-0.25, -0.2) is 0 Å². The fourth-order valence-corrected chi connectivity index (χ4v) is 1.21. The Balaban J connectivity index is 2.53. The molecule has 0 N–H and O–H groups in total. The Labute approximate surface area is 80.4 Å². The number of aryl methyl sites for hydroxylation is 2. The lowest BCUT2D eigenvalue weighted by Gasteiger charge is -1.88. The van der Waals surface area contributed by atoms with Crippen molar-refractivity contribution in [2.45, 2.75) is 13.8 Å². The molecule has 0 saturated carbocycles. The second-order valence-electron chi connectivity index (χ2n) is 2.86. The molecule has 72 valence electrons. The van der Waals surface area contributed by atoms with Gasteiger partial charge in [0.05, 0.1) is 5.69 Å². The van der Waals surface area contributed by atoms with Crippen LogP contribution in [0.15, 0.2) is 15.6 Å². The minimum atomic E-state index is 0.413. The van der Waals surface area contributed by atoms with Gasteiger partial charge in [0.25, 0.3) is 5.89 Å². The fraction of sp³-hybridized carbons (Fsp3) is 0.222. The van der Waals surface area contributed by atoms with Gasteiger partial charge >= 0.3 is 0 Å². The molecule has 2 aromatic rings. The van der Waals surface area contributed by atoms with E-state index in [1.165, 1.54) is 6.08 Å². The van der Waals surface area contributed by atoms with Gasteiger partial charge < -0.3 is 9.05 Å². The predicted octanol–water partition coefficient (Wildman–Crippen LogP) is 1.98. The predicted molar refractivity (Wildman–Crippen MR) is 49.4 cm³/mol. The van der Waals surface area contributed by atoms with Gasteiger partial charge in [-0.2, -0.15) is 4.98 Å². The maximum atomic E-state index is 5.03. The molecule has 0 aliphatic heterocycles. The van der Waals surface area contributed by atoms with Gasteiger partial charge in [-0.1, -0.05) is 16.9 Å². The second-order valence-corrected chi connectivity index (χ2v) is 2.86. The highest BCUT2D eigenvalue weighted by Gasteiger charge is 2.17. The summed E-state index contributed by atoms with van der Waals surface area (Å²) in [4.78, 5) is 4.10. The molecule has 0 unspecified atom stereocenters. The number of rotatable bonds is 2. The molecule has 0 bridgehead atoms. The highest BCUT2D eigenvalue weighted by atomic mass is 16.5. The van der Waals surface area contributed by atoms with Crippen molar-refractivity contribution < 1.29 is 9.05 Å². The van der Waals surface area contributed by atoms with Crippen molar-refractivity contribution in [3.63, 3.8) is 0 Å². The molecule has 14 heavy (non-hydrogen) atoms. The van der Waals surface area contributed by atoms with E-state index in [2.05, 4.69) is 21.9 Å². The molecular formula is C9H9N3O2. The zero-order valence-electron chi connectivity index (χ0n) is 7.94. The molecule has 0 spiro atoms. The third-order valence-corrected chi connectivity index (χ3v) is 1.87. The average Bonchev–Trinajstić information content (AvgIpc) is 2.73. The molecule has 5 nitrogen and oxygen atoms in total. The van der Waals surface area contributed by atoms with Gasteiger partial charge in [-0.05, 0) is 19.9 Å². The summed E-state index contributed by atoms with van der Waals surface area (Å²) in [5.74, 6) is 1.54. The topological polar surface area (TPSA) is 65.0 Å². The van der Waals surface area contributed by atoms with Crippen molar-refractivity contribution in [3.8, 4) is 11.5 Å². The third kappa shape index (κ3) is 1.22. The molecule has 2 heterocycles. The Hall–Kier alpha value is -1.91. The molecule has 0 saturated heterocycles. The first kappa shape index (κ1) is 8.68. The minimum Gasteiger partial charge on any atom is -0.361 e. The normalized spacial score (nSPS) is 10.4. The molecule has 0 fully saturated rings. The Morgan fingerprint density at radius 1 is 1.21 bits per heavy atom. The van der Waals surface area contributed by atoms with Crippen LogP contribution in [0.25, 0.3) is 17.5 Å². The molecule has 0 aromatic carbocycles. The maximum absolute atomic E-state index is 5.03. The van der Waals surface area contributed by atoms with Crippen molar-refractivity contribution in [2.24, 2.45) is 0 Å². The first-order valence-electron chi connectivity index (χ1n) is 4.11. The van der Waals surface area contributed by atoms with Crippen LogP contribution in [0.4, 0.5) is 0 Å². The fourth-order valence-electron chi connectivity index (χ4n) is 1.21. The van der Waals surface area contributed by atoms with E-state index in [-0.39, 0.29) is 0 Å². The van der Waals surface area contributed by atoms with Crippen molar-refractivity contribution in [1.82, 2.24) is 15.3 Å². The number of hydrogen-bond donors (Lipinski definition) is 0. The van der Waals surface area contributed by atoms with Gasteiger partial charge in [0, 0.05) is 0 Å². The standard InChI is InChI=1S/C9H9N3O2/c1-4-7-10-9(14-12-7)8-5(2)11-13-6(8)3/h4H,1H2,2-3H3. The highest BCUT2D eigenvalue weighted by molar-refractivity contribution is 5.58. The average molecular weight is 191 g/mol. The van der Waals surface area contributed by atoms with Crippen LogP contribution < -0.4 is 0 Å². The monoisotopic (exact) mass is 191 g/mol. The molecule has 0 amide bonds. The summed E-state index contributed by atoms with van der Waals surface area (Å²) in [6.07, 6.45) is 1.52. The summed E-state index contributed by atoms with van der Waals surface area (Å²) >= 11 is 0. The second kappa shape index (κ2) is 3.10. The van der Waals surface area contributed by atoms with E-state index in [4.69, 9.17) is 9.05 Å². The van der Waals surface area contributed by atoms with Gasteiger partial charge in [0.2, 0.25) is 0 Å². The lowest BCUT2D eigenvalue weighted by atomic mass is 10.2. The first-order valence-corrected chi connectivity index (χ1v) is 4.11. The van der Waals surface area contributed by atoms with E-state index >= 15 is 0 Å². The Kier molecular flexibility index (Phi) is 1.92. The minimum absolute atomic E-state index is 0.413. The van der Waals surface area contributed by atoms with Crippen molar-refractivity contribution >= 4 is 6.08 Å².